The van der Waals surface area contributed by atoms with Gasteiger partial charge in [0, 0.05) is 13.1 Å². The number of rotatable bonds is 4. The van der Waals surface area contributed by atoms with Crippen LogP contribution in [0.15, 0.2) is 23.1 Å². The molecule has 0 amide bonds. The van der Waals surface area contributed by atoms with E-state index in [1.165, 1.54) is 7.11 Å². The van der Waals surface area contributed by atoms with Crippen molar-refractivity contribution in [2.75, 3.05) is 19.5 Å². The van der Waals surface area contributed by atoms with Crippen LogP contribution < -0.4 is 10.1 Å². The lowest BCUT2D eigenvalue weighted by atomic mass is 10.3. The van der Waals surface area contributed by atoms with E-state index in [-0.39, 0.29) is 0 Å². The molecule has 0 spiro atoms. The standard InChI is InChI=1S/C8H10N2O3S/c1-9-7-4-3-6(13-2)5-8(7)14-10(11)12/h3-5,9H,1-2H3. The minimum Gasteiger partial charge on any atom is -0.497 e. The Morgan fingerprint density at radius 2 is 2.29 bits per heavy atom. The lowest BCUT2D eigenvalue weighted by molar-refractivity contribution is -0.284. The molecule has 0 aliphatic rings. The summed E-state index contributed by atoms with van der Waals surface area (Å²) in [5.41, 5.74) is 0.715. The summed E-state index contributed by atoms with van der Waals surface area (Å²) in [5, 5.41) is 13.2. The molecule has 0 saturated heterocycles. The van der Waals surface area contributed by atoms with E-state index < -0.39 is 4.33 Å². The van der Waals surface area contributed by atoms with E-state index in [1.807, 2.05) is 0 Å². The van der Waals surface area contributed by atoms with Crippen LogP contribution in [-0.4, -0.2) is 18.5 Å². The molecule has 1 N–H and O–H groups in total. The van der Waals surface area contributed by atoms with Crippen LogP contribution in [0, 0.1) is 10.1 Å². The number of nitrogens with zero attached hydrogens (tertiary/aromatic N) is 1. The molecule has 1 aromatic rings. The Kier molecular flexibility index (Phi) is 3.58. The van der Waals surface area contributed by atoms with E-state index in [0.717, 1.165) is 0 Å². The van der Waals surface area contributed by atoms with Crippen LogP contribution in [0.2, 0.25) is 0 Å². The Labute approximate surface area is 85.7 Å². The van der Waals surface area contributed by atoms with Gasteiger partial charge in [0.15, 0.2) is 0 Å². The van der Waals surface area contributed by atoms with Crippen molar-refractivity contribution in [3.05, 3.63) is 28.3 Å². The molecule has 0 fully saturated rings. The Hall–Kier alpha value is -1.43. The maximum atomic E-state index is 10.3. The van der Waals surface area contributed by atoms with Crippen LogP contribution in [0.1, 0.15) is 0 Å². The molecule has 0 radical (unpaired) electrons. The highest BCUT2D eigenvalue weighted by molar-refractivity contribution is 7.93. The van der Waals surface area contributed by atoms with E-state index in [2.05, 4.69) is 5.32 Å². The summed E-state index contributed by atoms with van der Waals surface area (Å²) in [6.45, 7) is 0. The van der Waals surface area contributed by atoms with E-state index in [4.69, 9.17) is 4.74 Å². The van der Waals surface area contributed by atoms with Gasteiger partial charge in [-0.25, -0.2) is 0 Å². The van der Waals surface area contributed by atoms with Gasteiger partial charge in [-0.05, 0) is 12.1 Å². The van der Waals surface area contributed by atoms with Gasteiger partial charge < -0.3 is 10.1 Å². The summed E-state index contributed by atoms with van der Waals surface area (Å²) in [4.78, 5) is 10.9. The molecule has 0 bridgehead atoms. The van der Waals surface area contributed by atoms with Gasteiger partial charge >= 0.3 is 0 Å². The smallest absolute Gasteiger partial charge is 0.267 e. The maximum Gasteiger partial charge on any atom is 0.267 e. The third-order valence-electron chi connectivity index (χ3n) is 1.63. The van der Waals surface area contributed by atoms with E-state index in [1.54, 1.807) is 25.2 Å². The third-order valence-corrected chi connectivity index (χ3v) is 2.31. The average Bonchev–Trinajstić information content (AvgIpc) is 2.16. The predicted molar refractivity (Wildman–Crippen MR) is 55.4 cm³/mol. The molecule has 1 aromatic carbocycles. The number of anilines is 1. The molecule has 6 heteroatoms. The first kappa shape index (κ1) is 10.6. The van der Waals surface area contributed by atoms with Crippen molar-refractivity contribution in [3.8, 4) is 5.75 Å². The first-order valence-electron chi connectivity index (χ1n) is 3.85. The summed E-state index contributed by atoms with van der Waals surface area (Å²) in [6.07, 6.45) is 0. The van der Waals surface area contributed by atoms with Crippen LogP contribution in [-0.2, 0) is 0 Å². The summed E-state index contributed by atoms with van der Waals surface area (Å²) >= 11 is 0.559. The van der Waals surface area contributed by atoms with Crippen LogP contribution in [0.5, 0.6) is 5.75 Å². The van der Waals surface area contributed by atoms with Gasteiger partial charge in [-0.15, -0.1) is 0 Å². The van der Waals surface area contributed by atoms with E-state index >= 15 is 0 Å². The highest BCUT2D eigenvalue weighted by Gasteiger charge is 2.11. The molecule has 5 nitrogen and oxygen atoms in total. The third kappa shape index (κ3) is 2.53. The Bertz CT molecular complexity index is 343. The molecular weight excluding hydrogens is 204 g/mol. The van der Waals surface area contributed by atoms with Crippen LogP contribution in [0.3, 0.4) is 0 Å². The van der Waals surface area contributed by atoms with Gasteiger partial charge in [0.05, 0.1) is 12.8 Å². The first-order valence-corrected chi connectivity index (χ1v) is 4.63. The quantitative estimate of drug-likeness (QED) is 0.472. The molecule has 0 aliphatic heterocycles. The second-order valence-corrected chi connectivity index (χ2v) is 3.35. The number of ether oxygens (including phenoxy) is 1. The molecule has 0 unspecified atom stereocenters. The molecule has 0 heterocycles. The zero-order valence-electron chi connectivity index (χ0n) is 7.81. The SMILES string of the molecule is CNc1ccc(OC)cc1S[N+](=O)[O-]. The summed E-state index contributed by atoms with van der Waals surface area (Å²) in [5.74, 6) is 0.605. The van der Waals surface area contributed by atoms with Gasteiger partial charge in [-0.1, -0.05) is 0 Å². The average molecular weight is 214 g/mol. The second-order valence-electron chi connectivity index (χ2n) is 2.43. The van der Waals surface area contributed by atoms with Crippen molar-refractivity contribution in [2.24, 2.45) is 0 Å². The molecule has 76 valence electrons. The number of methoxy groups -OCH3 is 1. The highest BCUT2D eigenvalue weighted by Crippen LogP contribution is 2.30. The molecule has 0 aromatic heterocycles. The monoisotopic (exact) mass is 214 g/mol. The van der Waals surface area contributed by atoms with Crippen molar-refractivity contribution < 1.29 is 9.07 Å². The minimum absolute atomic E-state index is 0.449. The number of hydrogen-bond donors (Lipinski definition) is 1. The van der Waals surface area contributed by atoms with Gasteiger partial charge in [0.25, 0.3) is 11.9 Å². The van der Waals surface area contributed by atoms with Gasteiger partial charge in [0.2, 0.25) is 0 Å². The van der Waals surface area contributed by atoms with Crippen LogP contribution >= 0.6 is 11.9 Å². The summed E-state index contributed by atoms with van der Waals surface area (Å²) in [6, 6.07) is 5.11. The summed E-state index contributed by atoms with van der Waals surface area (Å²) in [7, 11) is 3.24. The molecular formula is C8H10N2O3S. The van der Waals surface area contributed by atoms with Crippen LogP contribution in [0.25, 0.3) is 0 Å². The minimum atomic E-state index is -0.449. The van der Waals surface area contributed by atoms with E-state index in [0.29, 0.717) is 28.3 Å². The highest BCUT2D eigenvalue weighted by atomic mass is 32.2. The number of benzene rings is 1. The van der Waals surface area contributed by atoms with Crippen molar-refractivity contribution in [3.63, 3.8) is 0 Å². The van der Waals surface area contributed by atoms with Crippen molar-refractivity contribution in [1.29, 1.82) is 0 Å². The lowest BCUT2D eigenvalue weighted by Crippen LogP contribution is -1.94. The number of hydrogen-bond acceptors (Lipinski definition) is 5. The fourth-order valence-electron chi connectivity index (χ4n) is 0.992. The molecule has 1 rings (SSSR count). The molecule has 0 aliphatic carbocycles. The fraction of sp³-hybridized carbons (Fsp3) is 0.250. The zero-order chi connectivity index (χ0) is 10.6. The molecule has 0 atom stereocenters. The number of nitrogens with one attached hydrogen (secondary N) is 1. The van der Waals surface area contributed by atoms with Crippen molar-refractivity contribution >= 4 is 17.6 Å². The Morgan fingerprint density at radius 1 is 1.57 bits per heavy atom. The van der Waals surface area contributed by atoms with Crippen LogP contribution in [0.4, 0.5) is 5.69 Å². The molecule has 14 heavy (non-hydrogen) atoms. The van der Waals surface area contributed by atoms with Gasteiger partial charge in [-0.3, -0.25) is 10.1 Å². The zero-order valence-corrected chi connectivity index (χ0v) is 8.63. The van der Waals surface area contributed by atoms with Gasteiger partial charge in [-0.2, -0.15) is 0 Å². The van der Waals surface area contributed by atoms with E-state index in [9.17, 15) is 10.1 Å². The predicted octanol–water partition coefficient (Wildman–Crippen LogP) is 2.02. The number of nitro groups is 1. The maximum absolute atomic E-state index is 10.3. The second kappa shape index (κ2) is 4.71. The topological polar surface area (TPSA) is 64.4 Å². The fourth-order valence-corrected chi connectivity index (χ4v) is 1.59. The molecule has 0 saturated carbocycles. The first-order chi connectivity index (χ1) is 6.67. The lowest BCUT2D eigenvalue weighted by Gasteiger charge is -2.05. The normalized spacial score (nSPS) is 9.57. The largest absolute Gasteiger partial charge is 0.497 e. The Morgan fingerprint density at radius 3 is 2.79 bits per heavy atom. The van der Waals surface area contributed by atoms with Crippen molar-refractivity contribution in [2.45, 2.75) is 4.90 Å². The van der Waals surface area contributed by atoms with Gasteiger partial charge in [0.1, 0.15) is 15.0 Å². The van der Waals surface area contributed by atoms with Crippen molar-refractivity contribution in [1.82, 2.24) is 0 Å². The summed E-state index contributed by atoms with van der Waals surface area (Å²) < 4.78 is 4.52. The Balaban J connectivity index is 3.01.